The summed E-state index contributed by atoms with van der Waals surface area (Å²) in [6.07, 6.45) is 2.29. The summed E-state index contributed by atoms with van der Waals surface area (Å²) in [4.78, 5) is 14.9. The highest BCUT2D eigenvalue weighted by atomic mass is 16.5. The molecule has 0 saturated carbocycles. The van der Waals surface area contributed by atoms with Crippen LogP contribution in [0.2, 0.25) is 0 Å². The Balaban J connectivity index is 2.05. The number of para-hydroxylation sites is 1. The summed E-state index contributed by atoms with van der Waals surface area (Å²) < 4.78 is 5.85. The minimum absolute atomic E-state index is 0.00503. The van der Waals surface area contributed by atoms with Gasteiger partial charge in [0.15, 0.2) is 0 Å². The van der Waals surface area contributed by atoms with Gasteiger partial charge in [0.2, 0.25) is 5.91 Å². The first-order valence-electron chi connectivity index (χ1n) is 7.77. The van der Waals surface area contributed by atoms with Crippen molar-refractivity contribution in [3.05, 3.63) is 18.2 Å². The fourth-order valence-electron chi connectivity index (χ4n) is 3.58. The molecular formula is C17H24N2O2. The molecule has 1 N–H and O–H groups in total. The van der Waals surface area contributed by atoms with Gasteiger partial charge in [-0.05, 0) is 44.2 Å². The van der Waals surface area contributed by atoms with E-state index in [9.17, 15) is 4.79 Å². The Hall–Kier alpha value is -1.71. The Morgan fingerprint density at radius 3 is 2.86 bits per heavy atom. The van der Waals surface area contributed by atoms with Crippen LogP contribution >= 0.6 is 0 Å². The van der Waals surface area contributed by atoms with Gasteiger partial charge in [0, 0.05) is 6.54 Å². The Kier molecular flexibility index (Phi) is 3.34. The zero-order valence-electron chi connectivity index (χ0n) is 13.3. The maximum Gasteiger partial charge on any atom is 0.247 e. The van der Waals surface area contributed by atoms with Crippen LogP contribution in [0.15, 0.2) is 18.2 Å². The summed E-state index contributed by atoms with van der Waals surface area (Å²) >= 11 is 0. The molecule has 4 nitrogen and oxygen atoms in total. The second kappa shape index (κ2) is 4.93. The van der Waals surface area contributed by atoms with Crippen LogP contribution in [-0.4, -0.2) is 24.6 Å². The molecule has 0 aromatic heterocycles. The second-order valence-corrected chi connectivity index (χ2v) is 6.99. The summed E-state index contributed by atoms with van der Waals surface area (Å²) in [7, 11) is 0. The fraction of sp³-hybridized carbons (Fsp3) is 0.588. The first-order valence-corrected chi connectivity index (χ1v) is 7.77. The lowest BCUT2D eigenvalue weighted by atomic mass is 9.75. The van der Waals surface area contributed by atoms with E-state index < -0.39 is 0 Å². The van der Waals surface area contributed by atoms with E-state index in [2.05, 4.69) is 30.1 Å². The number of benzene rings is 1. The van der Waals surface area contributed by atoms with Gasteiger partial charge < -0.3 is 15.0 Å². The fourth-order valence-corrected chi connectivity index (χ4v) is 3.58. The molecular weight excluding hydrogens is 264 g/mol. The minimum atomic E-state index is -0.0898. The Bertz CT molecular complexity index is 566. The van der Waals surface area contributed by atoms with Gasteiger partial charge in [-0.2, -0.15) is 0 Å². The topological polar surface area (TPSA) is 41.6 Å². The smallest absolute Gasteiger partial charge is 0.247 e. The van der Waals surface area contributed by atoms with Crippen molar-refractivity contribution in [1.82, 2.24) is 0 Å². The molecule has 1 fully saturated rings. The highest BCUT2D eigenvalue weighted by molar-refractivity contribution is 6.05. The van der Waals surface area contributed by atoms with Crippen LogP contribution in [0.3, 0.4) is 0 Å². The third-order valence-corrected chi connectivity index (χ3v) is 4.44. The van der Waals surface area contributed by atoms with E-state index in [1.165, 1.54) is 0 Å². The molecule has 2 aliphatic heterocycles. The number of nitrogens with zero attached hydrogens (tertiary/aromatic N) is 1. The first-order chi connectivity index (χ1) is 9.90. The molecule has 0 bridgehead atoms. The van der Waals surface area contributed by atoms with Gasteiger partial charge >= 0.3 is 0 Å². The number of piperidine rings is 1. The van der Waals surface area contributed by atoms with Gasteiger partial charge in [-0.25, -0.2) is 0 Å². The summed E-state index contributed by atoms with van der Waals surface area (Å²) in [5.74, 6) is 0.852. The number of carbonyl (C=O) groups is 1. The third-order valence-electron chi connectivity index (χ3n) is 4.44. The summed E-state index contributed by atoms with van der Waals surface area (Å²) in [6.45, 7) is 9.29. The van der Waals surface area contributed by atoms with Crippen LogP contribution in [-0.2, 0) is 4.79 Å². The van der Waals surface area contributed by atoms with Crippen molar-refractivity contribution in [3.8, 4) is 5.75 Å². The van der Waals surface area contributed by atoms with E-state index in [0.29, 0.717) is 0 Å². The highest BCUT2D eigenvalue weighted by Gasteiger charge is 2.46. The van der Waals surface area contributed by atoms with Gasteiger partial charge in [-0.3, -0.25) is 4.79 Å². The van der Waals surface area contributed by atoms with E-state index in [4.69, 9.17) is 4.74 Å². The standard InChI is InChI=1S/C17H24N2O2/c1-11(2)21-13-8-5-7-12-14(13)18-16(20)15-17(3,4)9-6-10-19(12)15/h5,7-8,11,15H,6,9-10H2,1-4H3,(H,18,20). The van der Waals surface area contributed by atoms with Crippen LogP contribution in [0.1, 0.15) is 40.5 Å². The van der Waals surface area contributed by atoms with E-state index >= 15 is 0 Å². The summed E-state index contributed by atoms with van der Waals surface area (Å²) in [5, 5.41) is 3.08. The van der Waals surface area contributed by atoms with E-state index in [1.807, 2.05) is 26.0 Å². The molecule has 114 valence electrons. The minimum Gasteiger partial charge on any atom is -0.489 e. The second-order valence-electron chi connectivity index (χ2n) is 6.99. The van der Waals surface area contributed by atoms with Crippen LogP contribution in [0.5, 0.6) is 5.75 Å². The summed E-state index contributed by atoms with van der Waals surface area (Å²) in [6, 6.07) is 5.92. The molecule has 4 heteroatoms. The van der Waals surface area contributed by atoms with Gasteiger partial charge in [0.05, 0.1) is 11.8 Å². The van der Waals surface area contributed by atoms with Crippen molar-refractivity contribution in [2.45, 2.75) is 52.7 Å². The number of hydrogen-bond acceptors (Lipinski definition) is 3. The number of ether oxygens (including phenoxy) is 1. The Morgan fingerprint density at radius 2 is 2.14 bits per heavy atom. The van der Waals surface area contributed by atoms with Crippen LogP contribution in [0.4, 0.5) is 11.4 Å². The van der Waals surface area contributed by atoms with E-state index in [-0.39, 0.29) is 23.5 Å². The van der Waals surface area contributed by atoms with E-state index in [1.54, 1.807) is 0 Å². The molecule has 21 heavy (non-hydrogen) atoms. The molecule has 1 amide bonds. The number of amides is 1. The molecule has 0 aliphatic carbocycles. The molecule has 1 atom stereocenters. The highest BCUT2D eigenvalue weighted by Crippen LogP contribution is 2.46. The van der Waals surface area contributed by atoms with Crippen LogP contribution < -0.4 is 15.0 Å². The van der Waals surface area contributed by atoms with E-state index in [0.717, 1.165) is 36.5 Å². The van der Waals surface area contributed by atoms with Gasteiger partial charge in [-0.1, -0.05) is 19.9 Å². The molecule has 2 aliphatic rings. The maximum absolute atomic E-state index is 12.6. The van der Waals surface area contributed by atoms with Crippen LogP contribution in [0, 0.1) is 5.41 Å². The molecule has 2 heterocycles. The van der Waals surface area contributed by atoms with Crippen molar-refractivity contribution < 1.29 is 9.53 Å². The predicted molar refractivity (Wildman–Crippen MR) is 85.0 cm³/mol. The first kappa shape index (κ1) is 14.2. The number of fused-ring (bicyclic) bond motifs is 3. The van der Waals surface area contributed by atoms with Gasteiger partial charge in [0.25, 0.3) is 0 Å². The lowest BCUT2D eigenvalue weighted by Gasteiger charge is -2.49. The average molecular weight is 288 g/mol. The normalized spacial score (nSPS) is 23.4. The zero-order chi connectivity index (χ0) is 15.2. The molecule has 1 unspecified atom stereocenters. The number of rotatable bonds is 2. The van der Waals surface area contributed by atoms with Crippen molar-refractivity contribution in [2.24, 2.45) is 5.41 Å². The largest absolute Gasteiger partial charge is 0.489 e. The quantitative estimate of drug-likeness (QED) is 0.906. The molecule has 1 saturated heterocycles. The third kappa shape index (κ3) is 2.37. The monoisotopic (exact) mass is 288 g/mol. The Morgan fingerprint density at radius 1 is 1.38 bits per heavy atom. The van der Waals surface area contributed by atoms with Gasteiger partial charge in [-0.15, -0.1) is 0 Å². The Labute approximate surface area is 126 Å². The molecule has 0 spiro atoms. The van der Waals surface area contributed by atoms with Crippen molar-refractivity contribution >= 4 is 17.3 Å². The molecule has 1 aromatic carbocycles. The zero-order valence-corrected chi connectivity index (χ0v) is 13.3. The van der Waals surface area contributed by atoms with Crippen molar-refractivity contribution in [2.75, 3.05) is 16.8 Å². The van der Waals surface area contributed by atoms with Crippen molar-refractivity contribution in [1.29, 1.82) is 0 Å². The molecule has 0 radical (unpaired) electrons. The predicted octanol–water partition coefficient (Wildman–Crippen LogP) is 3.42. The number of carbonyl (C=O) groups excluding carboxylic acids is 1. The summed E-state index contributed by atoms with van der Waals surface area (Å²) in [5.41, 5.74) is 1.91. The lowest BCUT2D eigenvalue weighted by Crippen LogP contribution is -2.58. The molecule has 3 rings (SSSR count). The number of nitrogens with one attached hydrogen (secondary N) is 1. The molecule has 1 aromatic rings. The lowest BCUT2D eigenvalue weighted by molar-refractivity contribution is -0.120. The number of hydrogen-bond donors (Lipinski definition) is 1. The van der Waals surface area contributed by atoms with Gasteiger partial charge in [0.1, 0.15) is 17.5 Å². The average Bonchev–Trinajstić information content (AvgIpc) is 2.38. The maximum atomic E-state index is 12.6. The van der Waals surface area contributed by atoms with Crippen LogP contribution in [0.25, 0.3) is 0 Å². The van der Waals surface area contributed by atoms with Crippen molar-refractivity contribution in [3.63, 3.8) is 0 Å². The number of anilines is 2. The SMILES string of the molecule is CC(C)Oc1cccc2c1NC(=O)C1N2CCCC1(C)C.